The van der Waals surface area contributed by atoms with Gasteiger partial charge in [0.25, 0.3) is 0 Å². The van der Waals surface area contributed by atoms with Gasteiger partial charge in [-0.05, 0) is 32.7 Å². The summed E-state index contributed by atoms with van der Waals surface area (Å²) in [6.45, 7) is 5.50. The number of fused-ring (bicyclic) bond motifs is 1. The van der Waals surface area contributed by atoms with Crippen molar-refractivity contribution in [1.82, 2.24) is 25.4 Å². The Balaban J connectivity index is 1.72. The van der Waals surface area contributed by atoms with Crippen molar-refractivity contribution in [2.45, 2.75) is 57.7 Å². The molecule has 0 amide bonds. The number of aryl methyl sites for hydroxylation is 1. The monoisotopic (exact) mass is 249 g/mol. The summed E-state index contributed by atoms with van der Waals surface area (Å²) in [6.07, 6.45) is 6.13. The zero-order chi connectivity index (χ0) is 12.4. The van der Waals surface area contributed by atoms with E-state index in [0.717, 1.165) is 31.9 Å². The molecule has 2 unspecified atom stereocenters. The van der Waals surface area contributed by atoms with Gasteiger partial charge in [-0.15, -0.1) is 10.2 Å². The number of hydrogen-bond acceptors (Lipinski definition) is 4. The molecule has 0 spiro atoms. The molecule has 0 aliphatic carbocycles. The van der Waals surface area contributed by atoms with E-state index in [9.17, 15) is 0 Å². The fourth-order valence-corrected chi connectivity index (χ4v) is 3.05. The van der Waals surface area contributed by atoms with Gasteiger partial charge in [0.15, 0.2) is 0 Å². The molecule has 3 heterocycles. The lowest BCUT2D eigenvalue weighted by Gasteiger charge is -2.19. The normalized spacial score (nSPS) is 25.7. The summed E-state index contributed by atoms with van der Waals surface area (Å²) in [7, 11) is 0. The Morgan fingerprint density at radius 2 is 2.28 bits per heavy atom. The average Bonchev–Trinajstić information content (AvgIpc) is 2.95. The third-order valence-corrected chi connectivity index (χ3v) is 4.07. The van der Waals surface area contributed by atoms with Crippen LogP contribution < -0.4 is 10.6 Å². The van der Waals surface area contributed by atoms with Crippen LogP contribution in [0, 0.1) is 0 Å². The highest BCUT2D eigenvalue weighted by Gasteiger charge is 2.22. The minimum Gasteiger partial charge on any atom is -0.315 e. The van der Waals surface area contributed by atoms with Crippen LogP contribution in [0.1, 0.15) is 50.3 Å². The summed E-state index contributed by atoms with van der Waals surface area (Å²) >= 11 is 0. The highest BCUT2D eigenvalue weighted by molar-refractivity contribution is 5.02. The first-order chi connectivity index (χ1) is 8.84. The second kappa shape index (κ2) is 5.36. The number of hydrogen-bond donors (Lipinski definition) is 2. The van der Waals surface area contributed by atoms with E-state index in [4.69, 9.17) is 0 Å². The van der Waals surface area contributed by atoms with Gasteiger partial charge in [-0.2, -0.15) is 0 Å². The first kappa shape index (κ1) is 12.1. The van der Waals surface area contributed by atoms with Crippen molar-refractivity contribution in [3.05, 3.63) is 11.6 Å². The summed E-state index contributed by atoms with van der Waals surface area (Å²) in [5.41, 5.74) is 0. The molecule has 0 aromatic carbocycles. The second-order valence-corrected chi connectivity index (χ2v) is 5.51. The van der Waals surface area contributed by atoms with E-state index in [1.165, 1.54) is 31.5 Å². The predicted octanol–water partition coefficient (Wildman–Crippen LogP) is 1.02. The maximum atomic E-state index is 4.41. The lowest BCUT2D eigenvalue weighted by Crippen LogP contribution is -2.34. The van der Waals surface area contributed by atoms with E-state index in [1.54, 1.807) is 0 Å². The molecule has 2 N–H and O–H groups in total. The Labute approximate surface area is 108 Å². The van der Waals surface area contributed by atoms with Crippen molar-refractivity contribution in [2.75, 3.05) is 13.1 Å². The Morgan fingerprint density at radius 1 is 1.33 bits per heavy atom. The van der Waals surface area contributed by atoms with E-state index in [1.807, 2.05) is 0 Å². The summed E-state index contributed by atoms with van der Waals surface area (Å²) in [6, 6.07) is 0.882. The Bertz CT molecular complexity index is 394. The molecule has 3 rings (SSSR count). The Morgan fingerprint density at radius 3 is 3.11 bits per heavy atom. The molecule has 1 fully saturated rings. The molecule has 100 valence electrons. The zero-order valence-corrected chi connectivity index (χ0v) is 11.2. The zero-order valence-electron chi connectivity index (χ0n) is 11.2. The molecular weight excluding hydrogens is 226 g/mol. The van der Waals surface area contributed by atoms with Crippen LogP contribution in [0.2, 0.25) is 0 Å². The second-order valence-electron chi connectivity index (χ2n) is 5.51. The van der Waals surface area contributed by atoms with Gasteiger partial charge in [0, 0.05) is 25.6 Å². The maximum Gasteiger partial charge on any atom is 0.149 e. The van der Waals surface area contributed by atoms with Crippen LogP contribution in [0.15, 0.2) is 0 Å². The van der Waals surface area contributed by atoms with Crippen LogP contribution in [0.5, 0.6) is 0 Å². The van der Waals surface area contributed by atoms with Gasteiger partial charge in [-0.3, -0.25) is 0 Å². The summed E-state index contributed by atoms with van der Waals surface area (Å²) in [5.74, 6) is 2.31. The highest BCUT2D eigenvalue weighted by atomic mass is 15.3. The fourth-order valence-electron chi connectivity index (χ4n) is 3.05. The van der Waals surface area contributed by atoms with Crippen molar-refractivity contribution >= 4 is 0 Å². The molecule has 1 saturated heterocycles. The fraction of sp³-hybridized carbons (Fsp3) is 0.846. The van der Waals surface area contributed by atoms with Gasteiger partial charge in [0.1, 0.15) is 11.6 Å². The molecule has 1 aromatic rings. The SMILES string of the molecule is CC(NC1CCNC1)c1nnc2n1CCCCC2. The summed E-state index contributed by atoms with van der Waals surface area (Å²) < 4.78 is 2.34. The quantitative estimate of drug-likeness (QED) is 0.839. The van der Waals surface area contributed by atoms with Gasteiger partial charge in [0.05, 0.1) is 6.04 Å². The molecule has 0 bridgehead atoms. The highest BCUT2D eigenvalue weighted by Crippen LogP contribution is 2.19. The molecule has 5 heteroatoms. The van der Waals surface area contributed by atoms with Gasteiger partial charge >= 0.3 is 0 Å². The molecule has 2 aliphatic rings. The number of rotatable bonds is 3. The number of nitrogens with one attached hydrogen (secondary N) is 2. The van der Waals surface area contributed by atoms with Crippen LogP contribution >= 0.6 is 0 Å². The first-order valence-corrected chi connectivity index (χ1v) is 7.23. The minimum atomic E-state index is 0.300. The van der Waals surface area contributed by atoms with E-state index >= 15 is 0 Å². The molecule has 5 nitrogen and oxygen atoms in total. The van der Waals surface area contributed by atoms with Crippen LogP contribution in [0.4, 0.5) is 0 Å². The molecule has 18 heavy (non-hydrogen) atoms. The molecular formula is C13H23N5. The van der Waals surface area contributed by atoms with Crippen LogP contribution in [-0.2, 0) is 13.0 Å². The molecule has 2 aliphatic heterocycles. The van der Waals surface area contributed by atoms with E-state index in [-0.39, 0.29) is 0 Å². The topological polar surface area (TPSA) is 54.8 Å². The average molecular weight is 249 g/mol. The van der Waals surface area contributed by atoms with Crippen molar-refractivity contribution in [3.8, 4) is 0 Å². The van der Waals surface area contributed by atoms with Gasteiger partial charge < -0.3 is 15.2 Å². The number of aromatic nitrogens is 3. The van der Waals surface area contributed by atoms with Gasteiger partial charge in [-0.1, -0.05) is 6.42 Å². The molecule has 0 saturated carbocycles. The third-order valence-electron chi connectivity index (χ3n) is 4.07. The minimum absolute atomic E-state index is 0.300. The van der Waals surface area contributed by atoms with Gasteiger partial charge in [0.2, 0.25) is 0 Å². The van der Waals surface area contributed by atoms with E-state index in [0.29, 0.717) is 12.1 Å². The summed E-state index contributed by atoms with van der Waals surface area (Å²) in [5, 5.41) is 15.8. The van der Waals surface area contributed by atoms with Crippen molar-refractivity contribution in [3.63, 3.8) is 0 Å². The lowest BCUT2D eigenvalue weighted by atomic mass is 10.2. The van der Waals surface area contributed by atoms with Crippen molar-refractivity contribution in [1.29, 1.82) is 0 Å². The largest absolute Gasteiger partial charge is 0.315 e. The van der Waals surface area contributed by atoms with Gasteiger partial charge in [-0.25, -0.2) is 0 Å². The smallest absolute Gasteiger partial charge is 0.149 e. The third kappa shape index (κ3) is 2.42. The number of nitrogens with zero attached hydrogens (tertiary/aromatic N) is 3. The van der Waals surface area contributed by atoms with E-state index < -0.39 is 0 Å². The molecule has 2 atom stereocenters. The predicted molar refractivity (Wildman–Crippen MR) is 70.4 cm³/mol. The van der Waals surface area contributed by atoms with Crippen molar-refractivity contribution < 1.29 is 0 Å². The molecule has 1 aromatic heterocycles. The van der Waals surface area contributed by atoms with Crippen molar-refractivity contribution in [2.24, 2.45) is 0 Å². The Kier molecular flexibility index (Phi) is 3.61. The maximum absolute atomic E-state index is 4.41. The van der Waals surface area contributed by atoms with E-state index in [2.05, 4.69) is 32.3 Å². The first-order valence-electron chi connectivity index (χ1n) is 7.23. The Hall–Kier alpha value is -0.940. The standard InChI is InChI=1S/C13H23N5/c1-10(15-11-6-7-14-9-11)13-17-16-12-5-3-2-4-8-18(12)13/h10-11,14-15H,2-9H2,1H3. The van der Waals surface area contributed by atoms with Crippen LogP contribution in [0.25, 0.3) is 0 Å². The lowest BCUT2D eigenvalue weighted by molar-refractivity contribution is 0.443. The van der Waals surface area contributed by atoms with Crippen LogP contribution in [0.3, 0.4) is 0 Å². The molecule has 0 radical (unpaired) electrons. The van der Waals surface area contributed by atoms with Crippen LogP contribution in [-0.4, -0.2) is 33.9 Å². The summed E-state index contributed by atoms with van der Waals surface area (Å²) in [4.78, 5) is 0.